The Kier molecular flexibility index (Phi) is 10.1. The molecule has 1 unspecified atom stereocenters. The molecule has 36 heavy (non-hydrogen) atoms. The first-order chi connectivity index (χ1) is 16.9. The van der Waals surface area contributed by atoms with E-state index in [1.165, 1.54) is 17.7 Å². The number of benzene rings is 2. The van der Waals surface area contributed by atoms with Gasteiger partial charge in [0.15, 0.2) is 0 Å². The molecule has 0 aliphatic carbocycles. The Labute approximate surface area is 216 Å². The molecule has 5 nitrogen and oxygen atoms in total. The first-order valence-corrected chi connectivity index (χ1v) is 12.3. The standard InChI is InChI=1S/C31H40O5/c1-9-31(5,6)26(21-30(2,3)4)22-14-17-24(18-15-22)36-29(33)27(32)13-11-10-12-23-16-19-25(34-7)20-28(23)35-8/h10-20,26H,9,21H2,1-8H3. The molecule has 0 aliphatic heterocycles. The summed E-state index contributed by atoms with van der Waals surface area (Å²) in [5, 5.41) is 0. The second-order valence-electron chi connectivity index (χ2n) is 10.8. The molecule has 0 bridgehead atoms. The molecule has 0 radical (unpaired) electrons. The van der Waals surface area contributed by atoms with Crippen LogP contribution in [0.5, 0.6) is 17.2 Å². The number of methoxy groups -OCH3 is 2. The molecule has 0 saturated heterocycles. The molecular weight excluding hydrogens is 452 g/mol. The largest absolute Gasteiger partial charge is 0.497 e. The van der Waals surface area contributed by atoms with Gasteiger partial charge < -0.3 is 14.2 Å². The van der Waals surface area contributed by atoms with Crippen LogP contribution in [0.4, 0.5) is 0 Å². The average molecular weight is 493 g/mol. The van der Waals surface area contributed by atoms with Gasteiger partial charge in [0.1, 0.15) is 17.2 Å². The summed E-state index contributed by atoms with van der Waals surface area (Å²) in [5.74, 6) is 0.392. The van der Waals surface area contributed by atoms with Crippen molar-refractivity contribution in [1.82, 2.24) is 0 Å². The number of hydrogen-bond donors (Lipinski definition) is 0. The van der Waals surface area contributed by atoms with Crippen molar-refractivity contribution in [2.24, 2.45) is 10.8 Å². The highest BCUT2D eigenvalue weighted by Gasteiger charge is 2.32. The Morgan fingerprint density at radius 2 is 1.53 bits per heavy atom. The van der Waals surface area contributed by atoms with Gasteiger partial charge in [-0.25, -0.2) is 4.79 Å². The van der Waals surface area contributed by atoms with Crippen molar-refractivity contribution < 1.29 is 23.8 Å². The lowest BCUT2D eigenvalue weighted by molar-refractivity contribution is -0.144. The highest BCUT2D eigenvalue weighted by molar-refractivity contribution is 6.38. The Balaban J connectivity index is 2.04. The maximum Gasteiger partial charge on any atom is 0.384 e. The minimum Gasteiger partial charge on any atom is -0.497 e. The molecule has 0 aromatic heterocycles. The summed E-state index contributed by atoms with van der Waals surface area (Å²) in [5.41, 5.74) is 2.35. The van der Waals surface area contributed by atoms with E-state index < -0.39 is 11.8 Å². The molecule has 0 heterocycles. The van der Waals surface area contributed by atoms with Gasteiger partial charge in [-0.1, -0.05) is 78.3 Å². The first-order valence-electron chi connectivity index (χ1n) is 12.3. The smallest absolute Gasteiger partial charge is 0.384 e. The van der Waals surface area contributed by atoms with Crippen LogP contribution in [-0.2, 0) is 9.59 Å². The molecule has 2 aromatic rings. The van der Waals surface area contributed by atoms with E-state index >= 15 is 0 Å². The number of ketones is 1. The van der Waals surface area contributed by atoms with Gasteiger partial charge in [0.2, 0.25) is 0 Å². The number of carbonyl (C=O) groups is 2. The molecule has 0 aliphatic rings. The summed E-state index contributed by atoms with van der Waals surface area (Å²) in [6.45, 7) is 13.6. The monoisotopic (exact) mass is 492 g/mol. The van der Waals surface area contributed by atoms with Crippen molar-refractivity contribution in [3.05, 3.63) is 71.8 Å². The van der Waals surface area contributed by atoms with Gasteiger partial charge in [-0.2, -0.15) is 0 Å². The molecule has 0 fully saturated rings. The molecule has 0 saturated carbocycles. The Morgan fingerprint density at radius 3 is 2.08 bits per heavy atom. The van der Waals surface area contributed by atoms with Crippen molar-refractivity contribution in [3.63, 3.8) is 0 Å². The fourth-order valence-corrected chi connectivity index (χ4v) is 3.96. The lowest BCUT2D eigenvalue weighted by atomic mass is 9.67. The molecule has 5 heteroatoms. The van der Waals surface area contributed by atoms with Crippen LogP contribution in [0, 0.1) is 10.8 Å². The lowest BCUT2D eigenvalue weighted by Gasteiger charge is -2.38. The zero-order valence-electron chi connectivity index (χ0n) is 22.9. The zero-order valence-corrected chi connectivity index (χ0v) is 22.9. The molecule has 2 aromatic carbocycles. The quantitative estimate of drug-likeness (QED) is 0.107. The van der Waals surface area contributed by atoms with Crippen LogP contribution in [0.2, 0.25) is 0 Å². The molecule has 194 valence electrons. The Morgan fingerprint density at radius 1 is 0.889 bits per heavy atom. The minimum atomic E-state index is -0.922. The summed E-state index contributed by atoms with van der Waals surface area (Å²) in [7, 11) is 3.16. The van der Waals surface area contributed by atoms with Crippen LogP contribution in [0.25, 0.3) is 6.08 Å². The minimum absolute atomic E-state index is 0.135. The topological polar surface area (TPSA) is 61.8 Å². The number of ether oxygens (including phenoxy) is 3. The van der Waals surface area contributed by atoms with Gasteiger partial charge >= 0.3 is 5.97 Å². The Hall–Kier alpha value is -3.34. The van der Waals surface area contributed by atoms with Crippen molar-refractivity contribution in [3.8, 4) is 17.2 Å². The molecule has 0 N–H and O–H groups in total. The van der Waals surface area contributed by atoms with Crippen LogP contribution >= 0.6 is 0 Å². The second-order valence-corrected chi connectivity index (χ2v) is 10.8. The first kappa shape index (κ1) is 28.9. The van der Waals surface area contributed by atoms with Gasteiger partial charge in [0, 0.05) is 11.6 Å². The van der Waals surface area contributed by atoms with E-state index in [9.17, 15) is 9.59 Å². The van der Waals surface area contributed by atoms with Crippen LogP contribution in [-0.4, -0.2) is 26.0 Å². The summed E-state index contributed by atoms with van der Waals surface area (Å²) in [4.78, 5) is 24.5. The van der Waals surface area contributed by atoms with Crippen LogP contribution in [0.15, 0.2) is 60.7 Å². The third kappa shape index (κ3) is 8.40. The van der Waals surface area contributed by atoms with Crippen molar-refractivity contribution >= 4 is 17.8 Å². The summed E-state index contributed by atoms with van der Waals surface area (Å²) in [6.07, 6.45) is 8.23. The maximum absolute atomic E-state index is 12.3. The summed E-state index contributed by atoms with van der Waals surface area (Å²) < 4.78 is 15.8. The van der Waals surface area contributed by atoms with Crippen LogP contribution < -0.4 is 14.2 Å². The van der Waals surface area contributed by atoms with Crippen LogP contribution in [0.3, 0.4) is 0 Å². The number of esters is 1. The Bertz CT molecular complexity index is 1080. The third-order valence-corrected chi connectivity index (χ3v) is 6.44. The van der Waals surface area contributed by atoms with Gasteiger partial charge in [0.05, 0.1) is 14.2 Å². The lowest BCUT2D eigenvalue weighted by Crippen LogP contribution is -2.26. The van der Waals surface area contributed by atoms with Gasteiger partial charge in [-0.3, -0.25) is 4.79 Å². The van der Waals surface area contributed by atoms with E-state index in [1.54, 1.807) is 44.6 Å². The van der Waals surface area contributed by atoms with Crippen molar-refractivity contribution in [2.75, 3.05) is 14.2 Å². The van der Waals surface area contributed by atoms with E-state index in [2.05, 4.69) is 41.5 Å². The third-order valence-electron chi connectivity index (χ3n) is 6.44. The average Bonchev–Trinajstić information content (AvgIpc) is 2.84. The summed E-state index contributed by atoms with van der Waals surface area (Å²) in [6, 6.07) is 13.0. The van der Waals surface area contributed by atoms with Crippen molar-refractivity contribution in [2.45, 2.75) is 60.3 Å². The van der Waals surface area contributed by atoms with E-state index in [4.69, 9.17) is 14.2 Å². The second kappa shape index (κ2) is 12.6. The highest BCUT2D eigenvalue weighted by atomic mass is 16.5. The zero-order chi connectivity index (χ0) is 26.9. The predicted molar refractivity (Wildman–Crippen MR) is 146 cm³/mol. The molecule has 0 amide bonds. The van der Waals surface area contributed by atoms with Crippen LogP contribution in [0.1, 0.15) is 71.4 Å². The molecule has 2 rings (SSSR count). The predicted octanol–water partition coefficient (Wildman–Crippen LogP) is 7.40. The van der Waals surface area contributed by atoms with Gasteiger partial charge in [-0.15, -0.1) is 0 Å². The highest BCUT2D eigenvalue weighted by Crippen LogP contribution is 2.45. The molecule has 0 spiro atoms. The summed E-state index contributed by atoms with van der Waals surface area (Å²) >= 11 is 0. The van der Waals surface area contributed by atoms with Gasteiger partial charge in [0.25, 0.3) is 5.78 Å². The van der Waals surface area contributed by atoms with E-state index in [0.29, 0.717) is 23.2 Å². The van der Waals surface area contributed by atoms with E-state index in [0.717, 1.165) is 18.4 Å². The van der Waals surface area contributed by atoms with Crippen molar-refractivity contribution in [1.29, 1.82) is 0 Å². The van der Waals surface area contributed by atoms with E-state index in [1.807, 2.05) is 24.3 Å². The van der Waals surface area contributed by atoms with E-state index in [-0.39, 0.29) is 10.8 Å². The number of allylic oxidation sites excluding steroid dienone is 2. The maximum atomic E-state index is 12.3. The number of hydrogen-bond acceptors (Lipinski definition) is 5. The fraction of sp³-hybridized carbons (Fsp3) is 0.419. The molecule has 1 atom stereocenters. The number of rotatable bonds is 11. The normalized spacial score (nSPS) is 13.1. The fourth-order valence-electron chi connectivity index (χ4n) is 3.96. The number of carbonyl (C=O) groups excluding carboxylic acids is 2. The molecular formula is C31H40O5. The van der Waals surface area contributed by atoms with Gasteiger partial charge in [-0.05, 0) is 59.1 Å². The SMILES string of the molecule is CCC(C)(C)C(CC(C)(C)C)c1ccc(OC(=O)C(=O)C=CC=Cc2ccc(OC)cc2OC)cc1.